The lowest BCUT2D eigenvalue weighted by molar-refractivity contribution is 0.546. The maximum Gasteiger partial charge on any atom is 0.0596 e. The number of hydrogen-bond donors (Lipinski definition) is 1. The van der Waals surface area contributed by atoms with E-state index in [1.54, 1.807) is 0 Å². The maximum atomic E-state index is 3.70. The van der Waals surface area contributed by atoms with Gasteiger partial charge in [-0.1, -0.05) is 56.3 Å². The lowest BCUT2D eigenvalue weighted by Crippen LogP contribution is -2.19. The highest BCUT2D eigenvalue weighted by molar-refractivity contribution is 5.70. The Morgan fingerprint density at radius 1 is 0.850 bits per heavy atom. The molecule has 0 spiro atoms. The molecule has 1 unspecified atom stereocenters. The molecule has 0 saturated carbocycles. The predicted octanol–water partition coefficient (Wildman–Crippen LogP) is 4.56. The van der Waals surface area contributed by atoms with Gasteiger partial charge in [0.05, 0.1) is 17.4 Å². The second-order valence-electron chi connectivity index (χ2n) is 5.69. The molecule has 0 heterocycles. The van der Waals surface area contributed by atoms with Crippen molar-refractivity contribution in [1.29, 1.82) is 0 Å². The molecule has 1 atom stereocenters. The highest BCUT2D eigenvalue weighted by Crippen LogP contribution is 2.31. The van der Waals surface area contributed by atoms with Gasteiger partial charge in [-0.3, -0.25) is 0 Å². The second kappa shape index (κ2) is 6.47. The van der Waals surface area contributed by atoms with Crippen LogP contribution in [-0.4, -0.2) is 14.1 Å². The van der Waals surface area contributed by atoms with Gasteiger partial charge in [0.25, 0.3) is 0 Å². The third-order valence-electron chi connectivity index (χ3n) is 3.52. The van der Waals surface area contributed by atoms with Crippen LogP contribution in [0.5, 0.6) is 0 Å². The van der Waals surface area contributed by atoms with Crippen molar-refractivity contribution < 1.29 is 0 Å². The summed E-state index contributed by atoms with van der Waals surface area (Å²) in [4.78, 5) is 2.14. The van der Waals surface area contributed by atoms with Gasteiger partial charge in [0.15, 0.2) is 0 Å². The van der Waals surface area contributed by atoms with E-state index >= 15 is 0 Å². The Bertz CT molecular complexity index is 532. The third-order valence-corrected chi connectivity index (χ3v) is 3.52. The van der Waals surface area contributed by atoms with Crippen LogP contribution in [0.2, 0.25) is 0 Å². The van der Waals surface area contributed by atoms with Gasteiger partial charge >= 0.3 is 0 Å². The van der Waals surface area contributed by atoms with Crippen molar-refractivity contribution in [3.63, 3.8) is 0 Å². The quantitative estimate of drug-likeness (QED) is 0.855. The molecular formula is C18H24N2. The first-order valence-corrected chi connectivity index (χ1v) is 7.17. The molecular weight excluding hydrogens is 244 g/mol. The first kappa shape index (κ1) is 14.4. The van der Waals surface area contributed by atoms with Crippen molar-refractivity contribution in [2.45, 2.75) is 19.9 Å². The molecule has 0 fully saturated rings. The maximum absolute atomic E-state index is 3.70. The molecule has 2 aromatic rings. The monoisotopic (exact) mass is 268 g/mol. The molecule has 1 N–H and O–H groups in total. The van der Waals surface area contributed by atoms with Gasteiger partial charge in [-0.05, 0) is 23.6 Å². The number of hydrogen-bond acceptors (Lipinski definition) is 2. The minimum atomic E-state index is 0.317. The molecule has 0 aliphatic rings. The molecule has 0 saturated heterocycles. The molecule has 0 aliphatic heterocycles. The standard InChI is InChI=1S/C18H24N2/c1-14(2)18(15-10-6-5-7-11-15)19-16-12-8-9-13-17(16)20(3)4/h5-14,18-19H,1-4H3. The minimum absolute atomic E-state index is 0.317. The fourth-order valence-electron chi connectivity index (χ4n) is 2.45. The van der Waals surface area contributed by atoms with Gasteiger partial charge in [-0.15, -0.1) is 0 Å². The summed E-state index contributed by atoms with van der Waals surface area (Å²) in [6.07, 6.45) is 0. The van der Waals surface area contributed by atoms with E-state index in [9.17, 15) is 0 Å². The summed E-state index contributed by atoms with van der Waals surface area (Å²) < 4.78 is 0. The van der Waals surface area contributed by atoms with Gasteiger partial charge < -0.3 is 10.2 Å². The predicted molar refractivity (Wildman–Crippen MR) is 88.4 cm³/mol. The van der Waals surface area contributed by atoms with Gasteiger partial charge in [-0.2, -0.15) is 0 Å². The van der Waals surface area contributed by atoms with E-state index in [0.717, 1.165) is 0 Å². The molecule has 2 aromatic carbocycles. The van der Waals surface area contributed by atoms with Crippen molar-refractivity contribution in [2.75, 3.05) is 24.3 Å². The minimum Gasteiger partial charge on any atom is -0.376 e. The summed E-state index contributed by atoms with van der Waals surface area (Å²) in [7, 11) is 4.15. The van der Waals surface area contributed by atoms with Crippen LogP contribution in [0.25, 0.3) is 0 Å². The van der Waals surface area contributed by atoms with E-state index in [2.05, 4.69) is 92.8 Å². The number of nitrogens with one attached hydrogen (secondary N) is 1. The molecule has 20 heavy (non-hydrogen) atoms. The Kier molecular flexibility index (Phi) is 4.67. The second-order valence-corrected chi connectivity index (χ2v) is 5.69. The van der Waals surface area contributed by atoms with Crippen LogP contribution in [0.1, 0.15) is 25.5 Å². The normalized spacial score (nSPS) is 12.2. The van der Waals surface area contributed by atoms with Crippen LogP contribution in [-0.2, 0) is 0 Å². The summed E-state index contributed by atoms with van der Waals surface area (Å²) in [5, 5.41) is 3.70. The van der Waals surface area contributed by atoms with Gasteiger partial charge in [0.2, 0.25) is 0 Å². The number of anilines is 2. The molecule has 0 radical (unpaired) electrons. The third kappa shape index (κ3) is 3.32. The summed E-state index contributed by atoms with van der Waals surface area (Å²) >= 11 is 0. The molecule has 2 rings (SSSR count). The summed E-state index contributed by atoms with van der Waals surface area (Å²) in [5.74, 6) is 0.521. The number of para-hydroxylation sites is 2. The van der Waals surface area contributed by atoms with E-state index in [4.69, 9.17) is 0 Å². The Labute approximate surface area is 122 Å². The van der Waals surface area contributed by atoms with Crippen molar-refractivity contribution in [3.8, 4) is 0 Å². The lowest BCUT2D eigenvalue weighted by Gasteiger charge is -2.27. The average Bonchev–Trinajstić information content (AvgIpc) is 2.45. The van der Waals surface area contributed by atoms with E-state index in [0.29, 0.717) is 12.0 Å². The SMILES string of the molecule is CC(C)C(Nc1ccccc1N(C)C)c1ccccc1. The van der Waals surface area contributed by atoms with Crippen molar-refractivity contribution >= 4 is 11.4 Å². The van der Waals surface area contributed by atoms with Crippen LogP contribution in [0.15, 0.2) is 54.6 Å². The number of rotatable bonds is 5. The van der Waals surface area contributed by atoms with E-state index in [1.807, 2.05) is 0 Å². The highest BCUT2D eigenvalue weighted by atomic mass is 15.1. The molecule has 0 amide bonds. The van der Waals surface area contributed by atoms with Crippen molar-refractivity contribution in [2.24, 2.45) is 5.92 Å². The van der Waals surface area contributed by atoms with Crippen molar-refractivity contribution in [3.05, 3.63) is 60.2 Å². The van der Waals surface area contributed by atoms with Gasteiger partial charge in [-0.25, -0.2) is 0 Å². The first-order valence-electron chi connectivity index (χ1n) is 7.17. The fourth-order valence-corrected chi connectivity index (χ4v) is 2.45. The van der Waals surface area contributed by atoms with E-state index in [1.165, 1.54) is 16.9 Å². The number of nitrogens with zero attached hydrogens (tertiary/aromatic N) is 1. The smallest absolute Gasteiger partial charge is 0.0596 e. The average molecular weight is 268 g/mol. The topological polar surface area (TPSA) is 15.3 Å². The summed E-state index contributed by atoms with van der Waals surface area (Å²) in [6.45, 7) is 4.51. The number of benzene rings is 2. The van der Waals surface area contributed by atoms with Crippen LogP contribution in [0.4, 0.5) is 11.4 Å². The molecule has 0 aromatic heterocycles. The zero-order valence-electron chi connectivity index (χ0n) is 12.8. The Balaban J connectivity index is 2.30. The fraction of sp³-hybridized carbons (Fsp3) is 0.333. The highest BCUT2D eigenvalue weighted by Gasteiger charge is 2.16. The Morgan fingerprint density at radius 2 is 1.45 bits per heavy atom. The van der Waals surface area contributed by atoms with Gasteiger partial charge in [0.1, 0.15) is 0 Å². The van der Waals surface area contributed by atoms with Crippen LogP contribution in [0, 0.1) is 5.92 Å². The first-order chi connectivity index (χ1) is 9.59. The van der Waals surface area contributed by atoms with Crippen LogP contribution < -0.4 is 10.2 Å². The summed E-state index contributed by atoms with van der Waals surface area (Å²) in [5.41, 5.74) is 3.73. The van der Waals surface area contributed by atoms with E-state index < -0.39 is 0 Å². The molecule has 0 bridgehead atoms. The Hall–Kier alpha value is -1.96. The van der Waals surface area contributed by atoms with Crippen LogP contribution in [0.3, 0.4) is 0 Å². The molecule has 106 valence electrons. The summed E-state index contributed by atoms with van der Waals surface area (Å²) in [6, 6.07) is 19.4. The zero-order chi connectivity index (χ0) is 14.5. The molecule has 0 aliphatic carbocycles. The van der Waals surface area contributed by atoms with Gasteiger partial charge in [0, 0.05) is 14.1 Å². The molecule has 2 heteroatoms. The van der Waals surface area contributed by atoms with Crippen molar-refractivity contribution in [1.82, 2.24) is 0 Å². The lowest BCUT2D eigenvalue weighted by atomic mass is 9.95. The molecule has 2 nitrogen and oxygen atoms in total. The Morgan fingerprint density at radius 3 is 2.05 bits per heavy atom. The van der Waals surface area contributed by atoms with E-state index in [-0.39, 0.29) is 0 Å². The zero-order valence-corrected chi connectivity index (χ0v) is 12.8. The largest absolute Gasteiger partial charge is 0.376 e. The van der Waals surface area contributed by atoms with Crippen LogP contribution >= 0.6 is 0 Å².